The lowest BCUT2D eigenvalue weighted by atomic mass is 10.1. The van der Waals surface area contributed by atoms with Crippen molar-refractivity contribution in [2.45, 2.75) is 33.1 Å². The number of benzene rings is 2. The van der Waals surface area contributed by atoms with Crippen molar-refractivity contribution < 1.29 is 18.7 Å². The molecule has 6 heteroatoms. The van der Waals surface area contributed by atoms with E-state index < -0.39 is 0 Å². The van der Waals surface area contributed by atoms with Gasteiger partial charge in [-0.25, -0.2) is 0 Å². The second-order valence-corrected chi connectivity index (χ2v) is 9.33. The van der Waals surface area contributed by atoms with Crippen LogP contribution in [0.15, 0.2) is 97.6 Å². The van der Waals surface area contributed by atoms with Crippen LogP contribution in [-0.4, -0.2) is 24.9 Å². The van der Waals surface area contributed by atoms with Crippen molar-refractivity contribution in [1.82, 2.24) is 0 Å². The summed E-state index contributed by atoms with van der Waals surface area (Å²) in [4.78, 5) is 28.0. The fourth-order valence-corrected chi connectivity index (χ4v) is 5.07. The normalized spacial score (nSPS) is 15.2. The van der Waals surface area contributed by atoms with E-state index in [0.717, 1.165) is 59.8 Å². The quantitative estimate of drug-likeness (QED) is 0.376. The number of hydrogen-bond donors (Lipinski definition) is 0. The van der Waals surface area contributed by atoms with E-state index in [4.69, 9.17) is 0 Å². The van der Waals surface area contributed by atoms with Crippen molar-refractivity contribution in [2.75, 3.05) is 22.9 Å². The van der Waals surface area contributed by atoms with Gasteiger partial charge in [0.15, 0.2) is 24.8 Å². The van der Waals surface area contributed by atoms with Gasteiger partial charge in [-0.2, -0.15) is 9.13 Å². The fraction of sp³-hybridized carbons (Fsp3) is 0.226. The lowest BCUT2D eigenvalue weighted by Gasteiger charge is -2.15. The van der Waals surface area contributed by atoms with Crippen LogP contribution in [-0.2, 0) is 9.59 Å². The predicted molar refractivity (Wildman–Crippen MR) is 145 cm³/mol. The monoisotopic (exact) mass is 492 g/mol. The van der Waals surface area contributed by atoms with Crippen LogP contribution >= 0.6 is 0 Å². The molecule has 0 bridgehead atoms. The first-order valence-electron chi connectivity index (χ1n) is 12.5. The summed E-state index contributed by atoms with van der Waals surface area (Å²) in [5, 5.41) is 0. The lowest BCUT2D eigenvalue weighted by Crippen LogP contribution is -2.31. The van der Waals surface area contributed by atoms with Gasteiger partial charge in [-0.05, 0) is 36.1 Å². The number of carbonyl (C=O) groups is 2. The van der Waals surface area contributed by atoms with Crippen molar-refractivity contribution in [1.29, 1.82) is 0 Å². The highest BCUT2D eigenvalue weighted by atomic mass is 16.2. The van der Waals surface area contributed by atoms with Crippen LogP contribution in [0.4, 0.5) is 11.4 Å². The van der Waals surface area contributed by atoms with Crippen LogP contribution in [0.2, 0.25) is 0 Å². The molecule has 4 heterocycles. The van der Waals surface area contributed by atoms with E-state index >= 15 is 0 Å². The van der Waals surface area contributed by atoms with Gasteiger partial charge in [-0.1, -0.05) is 19.6 Å². The largest absolute Gasteiger partial charge is 0.312 e. The van der Waals surface area contributed by atoms with E-state index in [0.29, 0.717) is 12.8 Å². The average Bonchev–Trinajstić information content (AvgIpc) is 3.57. The second kappa shape index (κ2) is 10.3. The molecule has 2 saturated heterocycles. The molecule has 0 saturated carbocycles. The maximum absolute atomic E-state index is 12.1. The number of pyridine rings is 2. The zero-order valence-corrected chi connectivity index (χ0v) is 20.1. The van der Waals surface area contributed by atoms with Crippen molar-refractivity contribution >= 4 is 23.2 Å². The van der Waals surface area contributed by atoms with Gasteiger partial charge < -0.3 is 9.80 Å². The van der Waals surface area contributed by atoms with E-state index in [1.807, 2.05) is 34.1 Å². The maximum Gasteiger partial charge on any atom is 0.227 e. The predicted octanol–water partition coefficient (Wildman–Crippen LogP) is 4.80. The highest BCUT2D eigenvalue weighted by Crippen LogP contribution is 2.24. The van der Waals surface area contributed by atoms with Crippen molar-refractivity contribution in [3.05, 3.63) is 97.6 Å². The van der Waals surface area contributed by atoms with Crippen LogP contribution in [0.1, 0.15) is 33.1 Å². The molecule has 2 amide bonds. The summed E-state index contributed by atoms with van der Waals surface area (Å²) >= 11 is 0. The fourth-order valence-electron chi connectivity index (χ4n) is 5.07. The Kier molecular flexibility index (Phi) is 6.82. The van der Waals surface area contributed by atoms with Gasteiger partial charge >= 0.3 is 0 Å². The molecular weight excluding hydrogens is 460 g/mol. The van der Waals surface area contributed by atoms with Gasteiger partial charge in [0.25, 0.3) is 0 Å². The highest BCUT2D eigenvalue weighted by Gasteiger charge is 2.24. The van der Waals surface area contributed by atoms with Gasteiger partial charge in [0.2, 0.25) is 23.2 Å². The first kappa shape index (κ1) is 24.4. The molecule has 0 atom stereocenters. The van der Waals surface area contributed by atoms with Gasteiger partial charge in [0.05, 0.1) is 11.4 Å². The number of amides is 2. The summed E-state index contributed by atoms with van der Waals surface area (Å²) in [6.45, 7) is 1.58. The third-order valence-corrected chi connectivity index (χ3v) is 7.02. The number of nitrogens with zero attached hydrogens (tertiary/aromatic N) is 4. The Labute approximate surface area is 218 Å². The van der Waals surface area contributed by atoms with E-state index in [9.17, 15) is 9.59 Å². The SMILES string of the molecule is C.O=C1CCCN1c1cccc(-[n+]2ccc(-c3cc[n+](-c4cccc(N5CCCC5=O)c4)cc3)cc2)c1. The Morgan fingerprint density at radius 3 is 1.32 bits per heavy atom. The molecule has 0 unspecified atom stereocenters. The Morgan fingerprint density at radius 2 is 0.973 bits per heavy atom. The van der Waals surface area contributed by atoms with Crippen LogP contribution in [0, 0.1) is 0 Å². The van der Waals surface area contributed by atoms with E-state index in [2.05, 4.69) is 82.5 Å². The second-order valence-electron chi connectivity index (χ2n) is 9.33. The molecule has 0 N–H and O–H groups in total. The molecule has 2 aliphatic rings. The van der Waals surface area contributed by atoms with Gasteiger partial charge in [-0.15, -0.1) is 0 Å². The third-order valence-electron chi connectivity index (χ3n) is 7.02. The Hall–Kier alpha value is -4.32. The molecule has 2 fully saturated rings. The van der Waals surface area contributed by atoms with Crippen LogP contribution < -0.4 is 18.9 Å². The summed E-state index contributed by atoms with van der Waals surface area (Å²) in [5.74, 6) is 0.398. The average molecular weight is 493 g/mol. The van der Waals surface area contributed by atoms with Crippen molar-refractivity contribution in [3.63, 3.8) is 0 Å². The molecule has 2 aromatic carbocycles. The van der Waals surface area contributed by atoms with E-state index in [-0.39, 0.29) is 19.2 Å². The van der Waals surface area contributed by atoms with Gasteiger partial charge in [-0.3, -0.25) is 9.59 Å². The number of carbonyl (C=O) groups excluding carboxylic acids is 2. The van der Waals surface area contributed by atoms with Crippen LogP contribution in [0.5, 0.6) is 0 Å². The Morgan fingerprint density at radius 1 is 0.568 bits per heavy atom. The summed E-state index contributed by atoms with van der Waals surface area (Å²) in [7, 11) is 0. The number of rotatable bonds is 5. The Balaban J connectivity index is 0.00000280. The molecule has 0 radical (unpaired) electrons. The van der Waals surface area contributed by atoms with Gasteiger partial charge in [0, 0.05) is 74.5 Å². The zero-order valence-electron chi connectivity index (χ0n) is 20.1. The highest BCUT2D eigenvalue weighted by molar-refractivity contribution is 5.96. The first-order chi connectivity index (χ1) is 17.7. The lowest BCUT2D eigenvalue weighted by molar-refractivity contribution is -0.596. The topological polar surface area (TPSA) is 48.4 Å². The van der Waals surface area contributed by atoms with E-state index in [1.54, 1.807) is 0 Å². The molecule has 4 aromatic rings. The number of anilines is 2. The number of hydrogen-bond acceptors (Lipinski definition) is 2. The smallest absolute Gasteiger partial charge is 0.227 e. The zero-order chi connectivity index (χ0) is 24.5. The first-order valence-corrected chi connectivity index (χ1v) is 12.5. The minimum absolute atomic E-state index is 0. The van der Waals surface area contributed by atoms with Crippen LogP contribution in [0.3, 0.4) is 0 Å². The molecule has 186 valence electrons. The van der Waals surface area contributed by atoms with Crippen molar-refractivity contribution in [2.24, 2.45) is 0 Å². The van der Waals surface area contributed by atoms with E-state index in [1.165, 1.54) is 0 Å². The molecule has 0 aliphatic carbocycles. The summed E-state index contributed by atoms with van der Waals surface area (Å²) < 4.78 is 4.14. The molecular formula is C31H32N4O2+2. The molecule has 37 heavy (non-hydrogen) atoms. The summed E-state index contributed by atoms with van der Waals surface area (Å²) in [6.07, 6.45) is 11.3. The molecule has 2 aromatic heterocycles. The standard InChI is InChI=1S/C30H28N4O2.CH4/c35-29-9-3-15-33(29)27-7-1-5-25(21-27)31-17-11-23(12-18-31)24-13-19-32(20-14-24)26-6-2-8-28(22-26)34-16-4-10-30(34)36;/h1-2,5-8,11-14,17-22H,3-4,9-10,15-16H2;1H4/q+2;. The number of aromatic nitrogens is 2. The maximum atomic E-state index is 12.1. The molecule has 6 nitrogen and oxygen atoms in total. The molecule has 6 rings (SSSR count). The van der Waals surface area contributed by atoms with Crippen LogP contribution in [0.25, 0.3) is 22.5 Å². The third kappa shape index (κ3) is 4.87. The minimum atomic E-state index is 0. The van der Waals surface area contributed by atoms with Crippen molar-refractivity contribution in [3.8, 4) is 22.5 Å². The van der Waals surface area contributed by atoms with Gasteiger partial charge in [0.1, 0.15) is 0 Å². The Bertz CT molecular complexity index is 1320. The molecule has 2 aliphatic heterocycles. The minimum Gasteiger partial charge on any atom is -0.312 e. The molecule has 0 spiro atoms. The summed E-state index contributed by atoms with van der Waals surface area (Å²) in [6, 6.07) is 24.7. The summed E-state index contributed by atoms with van der Waals surface area (Å²) in [5.41, 5.74) is 6.22.